The van der Waals surface area contributed by atoms with E-state index in [0.29, 0.717) is 17.6 Å². The van der Waals surface area contributed by atoms with Crippen molar-refractivity contribution >= 4 is 21.8 Å². The van der Waals surface area contributed by atoms with E-state index in [2.05, 4.69) is 21.2 Å². The Bertz CT molecular complexity index is 364. The molecule has 0 aromatic heterocycles. The third-order valence-corrected chi connectivity index (χ3v) is 2.86. The Hall–Kier alpha value is -0.940. The van der Waals surface area contributed by atoms with Crippen molar-refractivity contribution < 1.29 is 9.18 Å². The molecular formula is C11H14BrFN2O. The number of amides is 1. The molecule has 0 aliphatic carbocycles. The number of carbonyl (C=O) groups is 1. The lowest BCUT2D eigenvalue weighted by Crippen LogP contribution is -2.32. The SMILES string of the molecule is CC(CN)CNC(=O)c1c(F)cccc1Br. The molecule has 3 N–H and O–H groups in total. The van der Waals surface area contributed by atoms with Crippen LogP contribution in [-0.2, 0) is 0 Å². The van der Waals surface area contributed by atoms with Crippen molar-refractivity contribution in [3.63, 3.8) is 0 Å². The van der Waals surface area contributed by atoms with Crippen LogP contribution in [-0.4, -0.2) is 19.0 Å². The van der Waals surface area contributed by atoms with E-state index >= 15 is 0 Å². The van der Waals surface area contributed by atoms with E-state index in [1.54, 1.807) is 12.1 Å². The number of benzene rings is 1. The van der Waals surface area contributed by atoms with Crippen molar-refractivity contribution in [2.45, 2.75) is 6.92 Å². The zero-order chi connectivity index (χ0) is 12.1. The summed E-state index contributed by atoms with van der Waals surface area (Å²) in [6, 6.07) is 4.43. The Morgan fingerprint density at radius 2 is 2.31 bits per heavy atom. The lowest BCUT2D eigenvalue weighted by atomic mass is 10.1. The van der Waals surface area contributed by atoms with Gasteiger partial charge in [-0.3, -0.25) is 4.79 Å². The molecule has 0 saturated carbocycles. The van der Waals surface area contributed by atoms with Gasteiger partial charge < -0.3 is 11.1 Å². The number of halogens is 2. The van der Waals surface area contributed by atoms with E-state index < -0.39 is 11.7 Å². The lowest BCUT2D eigenvalue weighted by molar-refractivity contribution is 0.0943. The lowest BCUT2D eigenvalue weighted by Gasteiger charge is -2.11. The maximum Gasteiger partial charge on any atom is 0.255 e. The van der Waals surface area contributed by atoms with Crippen molar-refractivity contribution in [3.05, 3.63) is 34.1 Å². The van der Waals surface area contributed by atoms with Crippen molar-refractivity contribution in [1.29, 1.82) is 0 Å². The highest BCUT2D eigenvalue weighted by molar-refractivity contribution is 9.10. The molecule has 0 saturated heterocycles. The van der Waals surface area contributed by atoms with Crippen LogP contribution in [0.5, 0.6) is 0 Å². The van der Waals surface area contributed by atoms with Gasteiger partial charge in [0.25, 0.3) is 5.91 Å². The first-order chi connectivity index (χ1) is 7.56. The van der Waals surface area contributed by atoms with Crippen molar-refractivity contribution in [2.24, 2.45) is 11.7 Å². The third-order valence-electron chi connectivity index (χ3n) is 2.20. The summed E-state index contributed by atoms with van der Waals surface area (Å²) < 4.78 is 13.8. The quantitative estimate of drug-likeness (QED) is 0.889. The maximum atomic E-state index is 13.4. The molecule has 88 valence electrons. The van der Waals surface area contributed by atoms with E-state index in [9.17, 15) is 9.18 Å². The number of nitrogens with two attached hydrogens (primary N) is 1. The van der Waals surface area contributed by atoms with Gasteiger partial charge in [0.1, 0.15) is 5.82 Å². The maximum absolute atomic E-state index is 13.4. The summed E-state index contributed by atoms with van der Waals surface area (Å²) in [6.45, 7) is 2.84. The van der Waals surface area contributed by atoms with Crippen LogP contribution in [0.25, 0.3) is 0 Å². The molecule has 1 unspecified atom stereocenters. The molecule has 0 spiro atoms. The third kappa shape index (κ3) is 3.28. The van der Waals surface area contributed by atoms with E-state index in [1.165, 1.54) is 6.07 Å². The molecule has 1 aromatic carbocycles. The summed E-state index contributed by atoms with van der Waals surface area (Å²) in [5.41, 5.74) is 5.46. The fourth-order valence-corrected chi connectivity index (χ4v) is 1.68. The fraction of sp³-hybridized carbons (Fsp3) is 0.364. The Kier molecular flexibility index (Phi) is 4.89. The van der Waals surface area contributed by atoms with Gasteiger partial charge in [-0.25, -0.2) is 4.39 Å². The predicted molar refractivity (Wildman–Crippen MR) is 64.7 cm³/mol. The second kappa shape index (κ2) is 5.96. The number of rotatable bonds is 4. The summed E-state index contributed by atoms with van der Waals surface area (Å²) in [5.74, 6) is -0.785. The van der Waals surface area contributed by atoms with Crippen LogP contribution in [0.4, 0.5) is 4.39 Å². The molecule has 0 fully saturated rings. The van der Waals surface area contributed by atoms with E-state index in [1.807, 2.05) is 6.92 Å². The normalized spacial score (nSPS) is 12.2. The Labute approximate surface area is 102 Å². The van der Waals surface area contributed by atoms with Crippen LogP contribution in [0.15, 0.2) is 22.7 Å². The zero-order valence-corrected chi connectivity index (χ0v) is 10.6. The smallest absolute Gasteiger partial charge is 0.255 e. The van der Waals surface area contributed by atoms with Crippen LogP contribution in [0.3, 0.4) is 0 Å². The molecule has 0 heterocycles. The summed E-state index contributed by atoms with van der Waals surface area (Å²) in [4.78, 5) is 11.7. The average Bonchev–Trinajstić information content (AvgIpc) is 2.25. The van der Waals surface area contributed by atoms with Crippen molar-refractivity contribution in [3.8, 4) is 0 Å². The van der Waals surface area contributed by atoms with Gasteiger partial charge in [0.2, 0.25) is 0 Å². The molecule has 1 atom stereocenters. The van der Waals surface area contributed by atoms with Gasteiger partial charge >= 0.3 is 0 Å². The van der Waals surface area contributed by atoms with E-state index in [0.717, 1.165) is 0 Å². The largest absolute Gasteiger partial charge is 0.352 e. The highest BCUT2D eigenvalue weighted by atomic mass is 79.9. The van der Waals surface area contributed by atoms with Crippen LogP contribution < -0.4 is 11.1 Å². The second-order valence-corrected chi connectivity index (χ2v) is 4.50. The Balaban J connectivity index is 2.73. The Morgan fingerprint density at radius 1 is 1.62 bits per heavy atom. The summed E-state index contributed by atoms with van der Waals surface area (Å²) in [6.07, 6.45) is 0. The van der Waals surface area contributed by atoms with E-state index in [4.69, 9.17) is 5.73 Å². The first-order valence-electron chi connectivity index (χ1n) is 4.98. The number of carbonyl (C=O) groups excluding carboxylic acids is 1. The minimum Gasteiger partial charge on any atom is -0.352 e. The highest BCUT2D eigenvalue weighted by Gasteiger charge is 2.15. The molecular weight excluding hydrogens is 275 g/mol. The monoisotopic (exact) mass is 288 g/mol. The standard InChI is InChI=1S/C11H14BrFN2O/c1-7(5-14)6-15-11(16)10-8(12)3-2-4-9(10)13/h2-4,7H,5-6,14H2,1H3,(H,15,16). The Morgan fingerprint density at radius 3 is 2.88 bits per heavy atom. The summed E-state index contributed by atoms with van der Waals surface area (Å²) in [5, 5.41) is 2.64. The number of hydrogen-bond acceptors (Lipinski definition) is 2. The van der Waals surface area contributed by atoms with Crippen molar-refractivity contribution in [2.75, 3.05) is 13.1 Å². The van der Waals surface area contributed by atoms with Crippen LogP contribution in [0.2, 0.25) is 0 Å². The highest BCUT2D eigenvalue weighted by Crippen LogP contribution is 2.19. The molecule has 5 heteroatoms. The molecule has 0 bridgehead atoms. The van der Waals surface area contributed by atoms with Gasteiger partial charge in [-0.2, -0.15) is 0 Å². The summed E-state index contributed by atoms with van der Waals surface area (Å²) >= 11 is 3.15. The van der Waals surface area contributed by atoms with Gasteiger partial charge in [-0.1, -0.05) is 13.0 Å². The van der Waals surface area contributed by atoms with Crippen molar-refractivity contribution in [1.82, 2.24) is 5.32 Å². The molecule has 1 aromatic rings. The van der Waals surface area contributed by atoms with Gasteiger partial charge in [0.15, 0.2) is 0 Å². The summed E-state index contributed by atoms with van der Waals surface area (Å²) in [7, 11) is 0. The van der Waals surface area contributed by atoms with Crippen LogP contribution in [0.1, 0.15) is 17.3 Å². The van der Waals surface area contributed by atoms with Gasteiger partial charge in [0.05, 0.1) is 5.56 Å². The number of nitrogens with one attached hydrogen (secondary N) is 1. The minimum absolute atomic E-state index is 0.0340. The minimum atomic E-state index is -0.535. The van der Waals surface area contributed by atoms with Crippen LogP contribution >= 0.6 is 15.9 Å². The molecule has 16 heavy (non-hydrogen) atoms. The van der Waals surface area contributed by atoms with Crippen LogP contribution in [0, 0.1) is 11.7 Å². The fourth-order valence-electron chi connectivity index (χ4n) is 1.15. The van der Waals surface area contributed by atoms with Gasteiger partial charge in [0, 0.05) is 11.0 Å². The molecule has 0 aliphatic rings. The topological polar surface area (TPSA) is 55.1 Å². The molecule has 3 nitrogen and oxygen atoms in total. The molecule has 1 amide bonds. The predicted octanol–water partition coefficient (Wildman–Crippen LogP) is 1.91. The molecule has 0 radical (unpaired) electrons. The van der Waals surface area contributed by atoms with Gasteiger partial charge in [-0.15, -0.1) is 0 Å². The second-order valence-electron chi connectivity index (χ2n) is 3.65. The molecule has 0 aliphatic heterocycles. The first-order valence-corrected chi connectivity index (χ1v) is 5.77. The molecule has 1 rings (SSSR count). The van der Waals surface area contributed by atoms with E-state index in [-0.39, 0.29) is 11.5 Å². The number of hydrogen-bond donors (Lipinski definition) is 2. The zero-order valence-electron chi connectivity index (χ0n) is 8.97. The average molecular weight is 289 g/mol. The van der Waals surface area contributed by atoms with Gasteiger partial charge in [-0.05, 0) is 40.5 Å². The first kappa shape index (κ1) is 13.1.